The fraction of sp³-hybridized carbons (Fsp3) is 0.550. The maximum absolute atomic E-state index is 12.1. The number of carbonyl (C=O) groups excluding carboxylic acids is 1. The van der Waals surface area contributed by atoms with Crippen molar-refractivity contribution in [3.05, 3.63) is 35.4 Å². The molecule has 0 spiro atoms. The van der Waals surface area contributed by atoms with Crippen LogP contribution in [0.4, 0.5) is 5.13 Å². The summed E-state index contributed by atoms with van der Waals surface area (Å²) in [5.41, 5.74) is 2.78. The van der Waals surface area contributed by atoms with Gasteiger partial charge in [-0.2, -0.15) is 0 Å². The van der Waals surface area contributed by atoms with Crippen molar-refractivity contribution in [2.24, 2.45) is 5.92 Å². The second-order valence-corrected chi connectivity index (χ2v) is 9.60. The molecule has 2 N–H and O–H groups in total. The van der Waals surface area contributed by atoms with Gasteiger partial charge in [-0.3, -0.25) is 4.79 Å². The zero-order chi connectivity index (χ0) is 18.5. The fourth-order valence-corrected chi connectivity index (χ4v) is 5.64. The Labute approximate surface area is 168 Å². The molecule has 1 aromatic carbocycles. The van der Waals surface area contributed by atoms with E-state index in [-0.39, 0.29) is 5.91 Å². The van der Waals surface area contributed by atoms with Crippen LogP contribution in [0.15, 0.2) is 28.6 Å². The highest BCUT2D eigenvalue weighted by Crippen LogP contribution is 2.35. The minimum atomic E-state index is 0.0972. The number of nitrogens with zero attached hydrogens (tertiary/aromatic N) is 2. The Balaban J connectivity index is 1.22. The lowest BCUT2D eigenvalue weighted by Gasteiger charge is -2.21. The SMILES string of the molecule is O=C(CSc1nnc(N[C@H]2CCc3ccccc32)s1)NCC1CCCCC1. The van der Waals surface area contributed by atoms with Gasteiger partial charge in [-0.1, -0.05) is 66.6 Å². The number of benzene rings is 1. The second-order valence-electron chi connectivity index (χ2n) is 7.40. The summed E-state index contributed by atoms with van der Waals surface area (Å²) in [5, 5.41) is 15.9. The molecule has 0 unspecified atom stereocenters. The standard InChI is InChI=1S/C20H26N4OS2/c25-18(21-12-14-6-2-1-3-7-14)13-26-20-24-23-19(27-20)22-17-11-10-15-8-4-5-9-16(15)17/h4-5,8-9,14,17H,1-3,6-7,10-13H2,(H,21,25)(H,22,23)/t17-/m0/s1. The van der Waals surface area contributed by atoms with Gasteiger partial charge < -0.3 is 10.6 Å². The molecule has 5 nitrogen and oxygen atoms in total. The van der Waals surface area contributed by atoms with E-state index in [1.54, 1.807) is 0 Å². The summed E-state index contributed by atoms with van der Waals surface area (Å²) in [6.07, 6.45) is 8.66. The van der Waals surface area contributed by atoms with Gasteiger partial charge in [-0.25, -0.2) is 0 Å². The highest BCUT2D eigenvalue weighted by molar-refractivity contribution is 8.01. The summed E-state index contributed by atoms with van der Waals surface area (Å²) < 4.78 is 0.844. The van der Waals surface area contributed by atoms with E-state index < -0.39 is 0 Å². The van der Waals surface area contributed by atoms with Crippen LogP contribution in [0.5, 0.6) is 0 Å². The van der Waals surface area contributed by atoms with E-state index in [1.165, 1.54) is 66.3 Å². The Morgan fingerprint density at radius 2 is 2.00 bits per heavy atom. The van der Waals surface area contributed by atoms with Crippen molar-refractivity contribution in [3.63, 3.8) is 0 Å². The van der Waals surface area contributed by atoms with Crippen LogP contribution in [0.1, 0.15) is 55.7 Å². The summed E-state index contributed by atoms with van der Waals surface area (Å²) in [6, 6.07) is 8.88. The molecule has 4 rings (SSSR count). The van der Waals surface area contributed by atoms with E-state index in [4.69, 9.17) is 0 Å². The van der Waals surface area contributed by atoms with Gasteiger partial charge in [-0.05, 0) is 42.7 Å². The molecule has 2 aliphatic rings. The number of thioether (sulfide) groups is 1. The molecular weight excluding hydrogens is 376 g/mol. The predicted octanol–water partition coefficient (Wildman–Crippen LogP) is 4.43. The highest BCUT2D eigenvalue weighted by Gasteiger charge is 2.23. The third kappa shape index (κ3) is 5.02. The Kier molecular flexibility index (Phi) is 6.29. The first kappa shape index (κ1) is 18.7. The molecule has 7 heteroatoms. The number of carbonyl (C=O) groups is 1. The minimum Gasteiger partial charge on any atom is -0.355 e. The van der Waals surface area contributed by atoms with Crippen LogP contribution >= 0.6 is 23.1 Å². The summed E-state index contributed by atoms with van der Waals surface area (Å²) in [4.78, 5) is 12.1. The monoisotopic (exact) mass is 402 g/mol. The average Bonchev–Trinajstić information content (AvgIpc) is 3.33. The van der Waals surface area contributed by atoms with Crippen molar-refractivity contribution in [3.8, 4) is 0 Å². The number of fused-ring (bicyclic) bond motifs is 1. The maximum atomic E-state index is 12.1. The van der Waals surface area contributed by atoms with Crippen LogP contribution in [0, 0.1) is 5.92 Å². The lowest BCUT2D eigenvalue weighted by molar-refractivity contribution is -0.118. The van der Waals surface area contributed by atoms with Crippen molar-refractivity contribution < 1.29 is 4.79 Å². The lowest BCUT2D eigenvalue weighted by atomic mass is 9.89. The molecule has 1 atom stereocenters. The first-order valence-electron chi connectivity index (χ1n) is 9.85. The number of nitrogens with one attached hydrogen (secondary N) is 2. The number of hydrogen-bond acceptors (Lipinski definition) is 6. The summed E-state index contributed by atoms with van der Waals surface area (Å²) >= 11 is 3.00. The normalized spacial score (nSPS) is 19.6. The minimum absolute atomic E-state index is 0.0972. The number of anilines is 1. The summed E-state index contributed by atoms with van der Waals surface area (Å²) in [7, 11) is 0. The van der Waals surface area contributed by atoms with Crippen LogP contribution in [0.3, 0.4) is 0 Å². The van der Waals surface area contributed by atoms with Gasteiger partial charge in [0.15, 0.2) is 4.34 Å². The Hall–Kier alpha value is -1.60. The van der Waals surface area contributed by atoms with Gasteiger partial charge in [0.1, 0.15) is 0 Å². The molecule has 0 saturated heterocycles. The van der Waals surface area contributed by atoms with E-state index >= 15 is 0 Å². The fourth-order valence-electron chi connectivity index (χ4n) is 4.01. The van der Waals surface area contributed by atoms with Gasteiger partial charge >= 0.3 is 0 Å². The molecule has 1 aromatic heterocycles. The van der Waals surface area contributed by atoms with Crippen LogP contribution in [-0.4, -0.2) is 28.4 Å². The van der Waals surface area contributed by atoms with Crippen molar-refractivity contribution >= 4 is 34.1 Å². The number of hydrogen-bond donors (Lipinski definition) is 2. The van der Waals surface area contributed by atoms with E-state index in [2.05, 4.69) is 45.1 Å². The topological polar surface area (TPSA) is 66.9 Å². The molecular formula is C20H26N4OS2. The average molecular weight is 403 g/mol. The third-order valence-electron chi connectivity index (χ3n) is 5.48. The quantitative estimate of drug-likeness (QED) is 0.671. The van der Waals surface area contributed by atoms with Crippen LogP contribution < -0.4 is 10.6 Å². The van der Waals surface area contributed by atoms with Crippen LogP contribution in [0.2, 0.25) is 0 Å². The van der Waals surface area contributed by atoms with Gasteiger partial charge in [0.2, 0.25) is 11.0 Å². The zero-order valence-corrected chi connectivity index (χ0v) is 17.1. The number of rotatable bonds is 7. The molecule has 0 aliphatic heterocycles. The molecule has 1 fully saturated rings. The Morgan fingerprint density at radius 3 is 2.89 bits per heavy atom. The van der Waals surface area contributed by atoms with Crippen molar-refractivity contribution in [2.75, 3.05) is 17.6 Å². The number of amides is 1. The van der Waals surface area contributed by atoms with Gasteiger partial charge in [0.25, 0.3) is 0 Å². The molecule has 27 heavy (non-hydrogen) atoms. The zero-order valence-electron chi connectivity index (χ0n) is 15.4. The maximum Gasteiger partial charge on any atom is 0.230 e. The highest BCUT2D eigenvalue weighted by atomic mass is 32.2. The first-order chi connectivity index (χ1) is 13.3. The van der Waals surface area contributed by atoms with Gasteiger partial charge in [0.05, 0.1) is 11.8 Å². The Bertz CT molecular complexity index is 773. The Morgan fingerprint density at radius 1 is 1.15 bits per heavy atom. The molecule has 0 bridgehead atoms. The van der Waals surface area contributed by atoms with Crippen LogP contribution in [0.25, 0.3) is 0 Å². The molecule has 2 aromatic rings. The largest absolute Gasteiger partial charge is 0.355 e. The second kappa shape index (κ2) is 9.06. The number of aromatic nitrogens is 2. The van der Waals surface area contributed by atoms with E-state index in [0.29, 0.717) is 17.7 Å². The molecule has 1 saturated carbocycles. The van der Waals surface area contributed by atoms with Gasteiger partial charge in [-0.15, -0.1) is 10.2 Å². The van der Waals surface area contributed by atoms with E-state index in [1.807, 2.05) is 0 Å². The molecule has 144 valence electrons. The summed E-state index contributed by atoms with van der Waals surface area (Å²) in [6.45, 7) is 0.823. The third-order valence-corrected chi connectivity index (χ3v) is 7.46. The van der Waals surface area contributed by atoms with E-state index in [9.17, 15) is 4.79 Å². The van der Waals surface area contributed by atoms with Crippen molar-refractivity contribution in [1.29, 1.82) is 0 Å². The lowest BCUT2D eigenvalue weighted by Crippen LogP contribution is -2.31. The number of aryl methyl sites for hydroxylation is 1. The smallest absolute Gasteiger partial charge is 0.230 e. The van der Waals surface area contributed by atoms with Crippen molar-refractivity contribution in [1.82, 2.24) is 15.5 Å². The van der Waals surface area contributed by atoms with Crippen molar-refractivity contribution in [2.45, 2.75) is 55.3 Å². The predicted molar refractivity (Wildman–Crippen MR) is 111 cm³/mol. The molecule has 0 radical (unpaired) electrons. The van der Waals surface area contributed by atoms with Gasteiger partial charge in [0, 0.05) is 6.54 Å². The first-order valence-corrected chi connectivity index (χ1v) is 11.7. The summed E-state index contributed by atoms with van der Waals surface area (Å²) in [5.74, 6) is 1.17. The molecule has 2 aliphatic carbocycles. The van der Waals surface area contributed by atoms with Crippen LogP contribution in [-0.2, 0) is 11.2 Å². The van der Waals surface area contributed by atoms with E-state index in [0.717, 1.165) is 28.9 Å². The molecule has 1 heterocycles. The molecule has 1 amide bonds.